The van der Waals surface area contributed by atoms with Gasteiger partial charge in [-0.2, -0.15) is 0 Å². The molecule has 0 saturated heterocycles. The van der Waals surface area contributed by atoms with Crippen molar-refractivity contribution in [3.63, 3.8) is 0 Å². The number of anilines is 2. The van der Waals surface area contributed by atoms with Crippen molar-refractivity contribution in [2.75, 3.05) is 18.2 Å². The summed E-state index contributed by atoms with van der Waals surface area (Å²) < 4.78 is 5.95. The minimum atomic E-state index is -1.11. The SMILES string of the molecule is COc1cc(Br)cc(N)c1NC(=O)C(C)CC(C)NC(=O)O. The Bertz CT molecular complexity index is 565. The van der Waals surface area contributed by atoms with E-state index in [4.69, 9.17) is 15.6 Å². The second-order valence-electron chi connectivity index (χ2n) is 5.05. The lowest BCUT2D eigenvalue weighted by molar-refractivity contribution is -0.119. The van der Waals surface area contributed by atoms with Gasteiger partial charge in [-0.1, -0.05) is 22.9 Å². The quantitative estimate of drug-likeness (QED) is 0.572. The molecule has 1 aromatic rings. The van der Waals surface area contributed by atoms with Gasteiger partial charge in [0.25, 0.3) is 0 Å². The second-order valence-corrected chi connectivity index (χ2v) is 5.96. The minimum Gasteiger partial charge on any atom is -0.494 e. The highest BCUT2D eigenvalue weighted by molar-refractivity contribution is 9.10. The van der Waals surface area contributed by atoms with Crippen molar-refractivity contribution in [1.82, 2.24) is 5.32 Å². The number of halogens is 1. The molecule has 1 rings (SSSR count). The predicted octanol–water partition coefficient (Wildman–Crippen LogP) is 2.66. The number of nitrogens with two attached hydrogens (primary N) is 1. The Labute approximate surface area is 137 Å². The second kappa shape index (κ2) is 7.88. The fourth-order valence-electron chi connectivity index (χ4n) is 2.05. The molecule has 0 heterocycles. The number of benzene rings is 1. The highest BCUT2D eigenvalue weighted by Gasteiger charge is 2.20. The van der Waals surface area contributed by atoms with Gasteiger partial charge >= 0.3 is 6.09 Å². The van der Waals surface area contributed by atoms with E-state index >= 15 is 0 Å². The van der Waals surface area contributed by atoms with Crippen molar-refractivity contribution in [3.8, 4) is 5.75 Å². The van der Waals surface area contributed by atoms with Gasteiger partial charge in [0.05, 0.1) is 12.8 Å². The van der Waals surface area contributed by atoms with Crippen LogP contribution in [0.15, 0.2) is 16.6 Å². The molecule has 0 aliphatic carbocycles. The van der Waals surface area contributed by atoms with Crippen molar-refractivity contribution in [1.29, 1.82) is 0 Å². The number of carbonyl (C=O) groups excluding carboxylic acids is 1. The number of hydrogen-bond acceptors (Lipinski definition) is 4. The molecule has 122 valence electrons. The third-order valence-corrected chi connectivity index (χ3v) is 3.55. The number of rotatable bonds is 6. The number of carboxylic acid groups (broad SMARTS) is 1. The first-order chi connectivity index (χ1) is 10.2. The summed E-state index contributed by atoms with van der Waals surface area (Å²) in [6.07, 6.45) is -0.740. The third kappa shape index (κ3) is 5.10. The van der Waals surface area contributed by atoms with E-state index in [-0.39, 0.29) is 11.9 Å². The fraction of sp³-hybridized carbons (Fsp3) is 0.429. The van der Waals surface area contributed by atoms with Crippen LogP contribution in [0, 0.1) is 5.92 Å². The van der Waals surface area contributed by atoms with Gasteiger partial charge in [-0.3, -0.25) is 4.79 Å². The molecule has 0 fully saturated rings. The van der Waals surface area contributed by atoms with Gasteiger partial charge < -0.3 is 26.2 Å². The molecule has 0 spiro atoms. The van der Waals surface area contributed by atoms with Gasteiger partial charge in [0.15, 0.2) is 0 Å². The molecule has 0 aromatic heterocycles. The molecule has 5 N–H and O–H groups in total. The Morgan fingerprint density at radius 3 is 2.59 bits per heavy atom. The molecular weight excluding hydrogens is 354 g/mol. The number of nitrogen functional groups attached to an aromatic ring is 1. The summed E-state index contributed by atoms with van der Waals surface area (Å²) in [6, 6.07) is 3.03. The van der Waals surface area contributed by atoms with E-state index in [1.54, 1.807) is 26.0 Å². The molecule has 0 aliphatic rings. The average Bonchev–Trinajstić information content (AvgIpc) is 2.39. The molecule has 0 bridgehead atoms. The summed E-state index contributed by atoms with van der Waals surface area (Å²) in [4.78, 5) is 22.8. The Morgan fingerprint density at radius 1 is 1.41 bits per heavy atom. The van der Waals surface area contributed by atoms with Crippen molar-refractivity contribution in [2.24, 2.45) is 5.92 Å². The largest absolute Gasteiger partial charge is 0.494 e. The number of ether oxygens (including phenoxy) is 1. The summed E-state index contributed by atoms with van der Waals surface area (Å²) in [5.41, 5.74) is 6.68. The molecule has 0 saturated carbocycles. The van der Waals surface area contributed by atoms with E-state index in [9.17, 15) is 9.59 Å². The van der Waals surface area contributed by atoms with Crippen LogP contribution in [0.25, 0.3) is 0 Å². The van der Waals surface area contributed by atoms with Crippen molar-refractivity contribution < 1.29 is 19.4 Å². The van der Waals surface area contributed by atoms with E-state index in [0.717, 1.165) is 4.47 Å². The van der Waals surface area contributed by atoms with Crippen LogP contribution in [0.2, 0.25) is 0 Å². The monoisotopic (exact) mass is 373 g/mol. The van der Waals surface area contributed by atoms with Crippen LogP contribution in [0.4, 0.5) is 16.2 Å². The molecule has 1 aromatic carbocycles. The van der Waals surface area contributed by atoms with Gasteiger partial charge in [-0.15, -0.1) is 0 Å². The van der Waals surface area contributed by atoms with E-state index in [2.05, 4.69) is 26.6 Å². The summed E-state index contributed by atoms with van der Waals surface area (Å²) in [5, 5.41) is 13.7. The first-order valence-corrected chi connectivity index (χ1v) is 7.47. The smallest absolute Gasteiger partial charge is 0.404 e. The summed E-state index contributed by atoms with van der Waals surface area (Å²) >= 11 is 3.30. The van der Waals surface area contributed by atoms with Gasteiger partial charge in [0.2, 0.25) is 5.91 Å². The van der Waals surface area contributed by atoms with Crippen LogP contribution >= 0.6 is 15.9 Å². The Morgan fingerprint density at radius 2 is 2.05 bits per heavy atom. The van der Waals surface area contributed by atoms with Crippen LogP contribution in [-0.4, -0.2) is 30.3 Å². The Balaban J connectivity index is 2.78. The zero-order chi connectivity index (χ0) is 16.9. The zero-order valence-electron chi connectivity index (χ0n) is 12.6. The topological polar surface area (TPSA) is 114 Å². The molecule has 22 heavy (non-hydrogen) atoms. The molecule has 0 aliphatic heterocycles. The average molecular weight is 374 g/mol. The molecule has 2 unspecified atom stereocenters. The minimum absolute atomic E-state index is 0.258. The van der Waals surface area contributed by atoms with Crippen LogP contribution in [0.3, 0.4) is 0 Å². The maximum Gasteiger partial charge on any atom is 0.404 e. The standard InChI is InChI=1S/C14H20BrN3O4/c1-7(4-8(2)17-14(20)21)13(19)18-12-10(16)5-9(15)6-11(12)22-3/h5-8,17H,4,16H2,1-3H3,(H,18,19)(H,20,21). The van der Waals surface area contributed by atoms with Gasteiger partial charge in [0.1, 0.15) is 11.4 Å². The Hall–Kier alpha value is -1.96. The Kier molecular flexibility index (Phi) is 6.48. The molecular formula is C14H20BrN3O4. The highest BCUT2D eigenvalue weighted by atomic mass is 79.9. The van der Waals surface area contributed by atoms with E-state index in [1.165, 1.54) is 7.11 Å². The maximum absolute atomic E-state index is 12.2. The fourth-order valence-corrected chi connectivity index (χ4v) is 2.50. The highest BCUT2D eigenvalue weighted by Crippen LogP contribution is 2.34. The number of amides is 2. The van der Waals surface area contributed by atoms with Gasteiger partial charge in [-0.05, 0) is 25.5 Å². The van der Waals surface area contributed by atoms with Crippen LogP contribution < -0.4 is 21.1 Å². The zero-order valence-corrected chi connectivity index (χ0v) is 14.2. The molecule has 7 nitrogen and oxygen atoms in total. The number of hydrogen-bond donors (Lipinski definition) is 4. The van der Waals surface area contributed by atoms with E-state index in [0.29, 0.717) is 23.5 Å². The number of nitrogens with one attached hydrogen (secondary N) is 2. The van der Waals surface area contributed by atoms with Crippen molar-refractivity contribution in [3.05, 3.63) is 16.6 Å². The van der Waals surface area contributed by atoms with Crippen molar-refractivity contribution in [2.45, 2.75) is 26.3 Å². The first kappa shape index (κ1) is 18.1. The van der Waals surface area contributed by atoms with Gasteiger partial charge in [-0.25, -0.2) is 4.79 Å². The van der Waals surface area contributed by atoms with Crippen LogP contribution in [-0.2, 0) is 4.79 Å². The van der Waals surface area contributed by atoms with Crippen molar-refractivity contribution >= 4 is 39.3 Å². The molecule has 0 radical (unpaired) electrons. The summed E-state index contributed by atoms with van der Waals surface area (Å²) in [7, 11) is 1.49. The van der Waals surface area contributed by atoms with Crippen LogP contribution in [0.5, 0.6) is 5.75 Å². The molecule has 2 atom stereocenters. The third-order valence-electron chi connectivity index (χ3n) is 3.09. The van der Waals surface area contributed by atoms with E-state index in [1.807, 2.05) is 0 Å². The number of carbonyl (C=O) groups is 2. The summed E-state index contributed by atoms with van der Waals surface area (Å²) in [5.74, 6) is -0.204. The van der Waals surface area contributed by atoms with E-state index < -0.39 is 12.0 Å². The maximum atomic E-state index is 12.2. The molecule has 2 amide bonds. The lowest BCUT2D eigenvalue weighted by Gasteiger charge is -2.19. The lowest BCUT2D eigenvalue weighted by Crippen LogP contribution is -2.34. The van der Waals surface area contributed by atoms with Gasteiger partial charge in [0, 0.05) is 16.4 Å². The van der Waals surface area contributed by atoms with Crippen LogP contribution in [0.1, 0.15) is 20.3 Å². The lowest BCUT2D eigenvalue weighted by atomic mass is 10.0. The first-order valence-electron chi connectivity index (χ1n) is 6.68. The number of methoxy groups -OCH3 is 1. The molecule has 8 heteroatoms. The predicted molar refractivity (Wildman–Crippen MR) is 88.1 cm³/mol. The summed E-state index contributed by atoms with van der Waals surface area (Å²) in [6.45, 7) is 3.42. The normalized spacial score (nSPS) is 13.1.